The summed E-state index contributed by atoms with van der Waals surface area (Å²) in [4.78, 5) is 14.9. The number of carbonyl (C=O) groups is 1. The SMILES string of the molecule is O=C(Nc1ccon1)c1cocn1. The van der Waals surface area contributed by atoms with Crippen LogP contribution in [0.4, 0.5) is 5.82 Å². The van der Waals surface area contributed by atoms with E-state index in [-0.39, 0.29) is 11.6 Å². The van der Waals surface area contributed by atoms with Crippen LogP contribution in [-0.4, -0.2) is 16.0 Å². The molecular weight excluding hydrogens is 174 g/mol. The predicted molar refractivity (Wildman–Crippen MR) is 41.0 cm³/mol. The molecule has 0 aliphatic carbocycles. The molecule has 13 heavy (non-hydrogen) atoms. The molecule has 0 aliphatic heterocycles. The van der Waals surface area contributed by atoms with Crippen LogP contribution in [0.2, 0.25) is 0 Å². The number of anilines is 1. The second-order valence-corrected chi connectivity index (χ2v) is 2.21. The van der Waals surface area contributed by atoms with Gasteiger partial charge in [-0.15, -0.1) is 0 Å². The molecule has 2 heterocycles. The monoisotopic (exact) mass is 179 g/mol. The molecule has 0 aromatic carbocycles. The number of carbonyl (C=O) groups excluding carboxylic acids is 1. The summed E-state index contributed by atoms with van der Waals surface area (Å²) in [7, 11) is 0. The van der Waals surface area contributed by atoms with E-state index in [0.717, 1.165) is 0 Å². The van der Waals surface area contributed by atoms with Crippen molar-refractivity contribution in [3.8, 4) is 0 Å². The van der Waals surface area contributed by atoms with Crippen LogP contribution in [0.1, 0.15) is 10.5 Å². The van der Waals surface area contributed by atoms with Crippen LogP contribution in [0.15, 0.2) is 33.9 Å². The highest BCUT2D eigenvalue weighted by Crippen LogP contribution is 2.03. The lowest BCUT2D eigenvalue weighted by atomic mass is 10.4. The van der Waals surface area contributed by atoms with Gasteiger partial charge >= 0.3 is 0 Å². The Kier molecular flexibility index (Phi) is 1.79. The number of nitrogens with zero attached hydrogens (tertiary/aromatic N) is 2. The molecular formula is C7H5N3O3. The topological polar surface area (TPSA) is 81.2 Å². The van der Waals surface area contributed by atoms with E-state index in [1.54, 1.807) is 0 Å². The van der Waals surface area contributed by atoms with E-state index in [9.17, 15) is 4.79 Å². The molecule has 2 aromatic heterocycles. The zero-order chi connectivity index (χ0) is 9.10. The highest BCUT2D eigenvalue weighted by atomic mass is 16.5. The average molecular weight is 179 g/mol. The van der Waals surface area contributed by atoms with Crippen molar-refractivity contribution >= 4 is 11.7 Å². The van der Waals surface area contributed by atoms with Gasteiger partial charge < -0.3 is 14.3 Å². The van der Waals surface area contributed by atoms with Crippen LogP contribution in [-0.2, 0) is 0 Å². The number of hydrogen-bond donors (Lipinski definition) is 1. The van der Waals surface area contributed by atoms with Crippen molar-refractivity contribution in [2.45, 2.75) is 0 Å². The molecule has 2 aromatic rings. The summed E-state index contributed by atoms with van der Waals surface area (Å²) in [5.41, 5.74) is 0.197. The molecule has 6 nitrogen and oxygen atoms in total. The van der Waals surface area contributed by atoms with E-state index >= 15 is 0 Å². The number of amides is 1. The van der Waals surface area contributed by atoms with E-state index in [0.29, 0.717) is 5.82 Å². The van der Waals surface area contributed by atoms with Gasteiger partial charge in [0.1, 0.15) is 12.5 Å². The molecule has 0 bridgehead atoms. The third-order valence-electron chi connectivity index (χ3n) is 1.34. The Bertz CT molecular complexity index is 379. The van der Waals surface area contributed by atoms with Crippen molar-refractivity contribution in [2.24, 2.45) is 0 Å². The highest BCUT2D eigenvalue weighted by Gasteiger charge is 2.09. The molecule has 0 fully saturated rings. The van der Waals surface area contributed by atoms with Gasteiger partial charge in [0, 0.05) is 6.07 Å². The van der Waals surface area contributed by atoms with E-state index < -0.39 is 0 Å². The lowest BCUT2D eigenvalue weighted by molar-refractivity contribution is 0.102. The molecule has 0 saturated carbocycles. The van der Waals surface area contributed by atoms with E-state index in [4.69, 9.17) is 0 Å². The maximum atomic E-state index is 11.3. The number of aromatic nitrogens is 2. The van der Waals surface area contributed by atoms with Crippen LogP contribution in [0, 0.1) is 0 Å². The van der Waals surface area contributed by atoms with Crippen LogP contribution in [0.5, 0.6) is 0 Å². The van der Waals surface area contributed by atoms with Gasteiger partial charge in [-0.2, -0.15) is 0 Å². The quantitative estimate of drug-likeness (QED) is 0.741. The predicted octanol–water partition coefficient (Wildman–Crippen LogP) is 0.915. The van der Waals surface area contributed by atoms with E-state index in [2.05, 4.69) is 24.4 Å². The third-order valence-corrected chi connectivity index (χ3v) is 1.34. The Hall–Kier alpha value is -2.11. The van der Waals surface area contributed by atoms with Crippen LogP contribution < -0.4 is 5.32 Å². The molecule has 0 radical (unpaired) electrons. The van der Waals surface area contributed by atoms with Crippen molar-refractivity contribution in [3.05, 3.63) is 30.7 Å². The van der Waals surface area contributed by atoms with Gasteiger partial charge in [-0.3, -0.25) is 4.79 Å². The Labute approximate surface area is 72.5 Å². The number of hydrogen-bond acceptors (Lipinski definition) is 5. The first-order valence-corrected chi connectivity index (χ1v) is 3.46. The molecule has 0 aliphatic rings. The Morgan fingerprint density at radius 1 is 1.54 bits per heavy atom. The molecule has 0 atom stereocenters. The maximum Gasteiger partial charge on any atom is 0.278 e. The van der Waals surface area contributed by atoms with Crippen LogP contribution >= 0.6 is 0 Å². The summed E-state index contributed by atoms with van der Waals surface area (Å²) in [5, 5.41) is 5.96. The lowest BCUT2D eigenvalue weighted by Gasteiger charge is -1.94. The minimum Gasteiger partial charge on any atom is -0.451 e. The molecule has 1 N–H and O–H groups in total. The molecule has 0 spiro atoms. The van der Waals surface area contributed by atoms with Gasteiger partial charge in [0.25, 0.3) is 5.91 Å². The van der Waals surface area contributed by atoms with Gasteiger partial charge in [-0.25, -0.2) is 4.98 Å². The Morgan fingerprint density at radius 3 is 3.08 bits per heavy atom. The minimum atomic E-state index is -0.386. The fraction of sp³-hybridized carbons (Fsp3) is 0. The summed E-state index contributed by atoms with van der Waals surface area (Å²) < 4.78 is 9.16. The first kappa shape index (κ1) is 7.53. The van der Waals surface area contributed by atoms with E-state index in [1.807, 2.05) is 0 Å². The van der Waals surface area contributed by atoms with Crippen molar-refractivity contribution < 1.29 is 13.7 Å². The second-order valence-electron chi connectivity index (χ2n) is 2.21. The van der Waals surface area contributed by atoms with Crippen LogP contribution in [0.25, 0.3) is 0 Å². The van der Waals surface area contributed by atoms with E-state index in [1.165, 1.54) is 25.0 Å². The van der Waals surface area contributed by atoms with Gasteiger partial charge in [0.2, 0.25) is 0 Å². The van der Waals surface area contributed by atoms with Crippen molar-refractivity contribution in [1.29, 1.82) is 0 Å². The zero-order valence-corrected chi connectivity index (χ0v) is 6.43. The smallest absolute Gasteiger partial charge is 0.278 e. The molecule has 0 saturated heterocycles. The largest absolute Gasteiger partial charge is 0.451 e. The number of nitrogens with one attached hydrogen (secondary N) is 1. The summed E-state index contributed by atoms with van der Waals surface area (Å²) in [5.74, 6) is -0.0457. The first-order valence-electron chi connectivity index (χ1n) is 3.46. The van der Waals surface area contributed by atoms with Gasteiger partial charge in [0.15, 0.2) is 17.9 Å². The lowest BCUT2D eigenvalue weighted by Crippen LogP contribution is -2.12. The van der Waals surface area contributed by atoms with Crippen molar-refractivity contribution in [1.82, 2.24) is 10.1 Å². The Morgan fingerprint density at radius 2 is 2.46 bits per heavy atom. The van der Waals surface area contributed by atoms with Gasteiger partial charge in [0.05, 0.1) is 0 Å². The molecule has 66 valence electrons. The maximum absolute atomic E-state index is 11.3. The molecule has 0 unspecified atom stereocenters. The highest BCUT2D eigenvalue weighted by molar-refractivity contribution is 6.01. The number of oxazole rings is 1. The van der Waals surface area contributed by atoms with Gasteiger partial charge in [-0.1, -0.05) is 5.16 Å². The Balaban J connectivity index is 2.08. The fourth-order valence-electron chi connectivity index (χ4n) is 0.782. The summed E-state index contributed by atoms with van der Waals surface area (Å²) >= 11 is 0. The minimum absolute atomic E-state index is 0.197. The fourth-order valence-corrected chi connectivity index (χ4v) is 0.782. The standard InChI is InChI=1S/C7H5N3O3/c11-7(5-3-12-4-8-5)9-6-1-2-13-10-6/h1-4H,(H,9,10,11). The number of rotatable bonds is 2. The van der Waals surface area contributed by atoms with Crippen LogP contribution in [0.3, 0.4) is 0 Å². The summed E-state index contributed by atoms with van der Waals surface area (Å²) in [6, 6.07) is 1.53. The zero-order valence-electron chi connectivity index (χ0n) is 6.43. The molecule has 2 rings (SSSR count). The van der Waals surface area contributed by atoms with Gasteiger partial charge in [-0.05, 0) is 0 Å². The summed E-state index contributed by atoms with van der Waals surface area (Å²) in [6.07, 6.45) is 3.78. The van der Waals surface area contributed by atoms with Crippen molar-refractivity contribution in [3.63, 3.8) is 0 Å². The normalized spacial score (nSPS) is 9.85. The first-order chi connectivity index (χ1) is 6.36. The van der Waals surface area contributed by atoms with Crippen molar-refractivity contribution in [2.75, 3.05) is 5.32 Å². The second kappa shape index (κ2) is 3.10. The molecule has 1 amide bonds. The average Bonchev–Trinajstić information content (AvgIpc) is 2.74. The third kappa shape index (κ3) is 1.56. The molecule has 6 heteroatoms. The summed E-state index contributed by atoms with van der Waals surface area (Å²) in [6.45, 7) is 0.